The summed E-state index contributed by atoms with van der Waals surface area (Å²) in [5.41, 5.74) is 2.43. The second kappa shape index (κ2) is 7.47. The lowest BCUT2D eigenvalue weighted by molar-refractivity contribution is -0.131. The van der Waals surface area contributed by atoms with Gasteiger partial charge in [-0.25, -0.2) is 0 Å². The molecule has 2 nitrogen and oxygen atoms in total. The topological polar surface area (TPSA) is 20.3 Å². The molecule has 0 aromatic heterocycles. The minimum atomic E-state index is -0.0617. The highest BCUT2D eigenvalue weighted by Gasteiger charge is 2.19. The van der Waals surface area contributed by atoms with E-state index in [1.165, 1.54) is 5.56 Å². The quantitative estimate of drug-likeness (QED) is 0.752. The highest BCUT2D eigenvalue weighted by atomic mass is 16.2. The van der Waals surface area contributed by atoms with E-state index in [1.54, 1.807) is 0 Å². The first-order valence-electron chi connectivity index (χ1n) is 7.67. The van der Waals surface area contributed by atoms with Crippen LogP contribution >= 0.6 is 0 Å². The Morgan fingerprint density at radius 2 is 1.50 bits per heavy atom. The van der Waals surface area contributed by atoms with Crippen LogP contribution in [-0.4, -0.2) is 24.4 Å². The van der Waals surface area contributed by atoms with Crippen LogP contribution in [0.25, 0.3) is 0 Å². The molecule has 1 rings (SSSR count). The van der Waals surface area contributed by atoms with E-state index >= 15 is 0 Å². The van der Waals surface area contributed by atoms with Crippen molar-refractivity contribution in [3.05, 3.63) is 35.4 Å². The third-order valence-electron chi connectivity index (χ3n) is 3.89. The molecule has 1 aromatic carbocycles. The summed E-state index contributed by atoms with van der Waals surface area (Å²) in [7, 11) is 1.91. The molecule has 0 aliphatic rings. The standard InChI is InChI=1S/C18H29NO/c1-13(2)11-12-19(6)18(20)15(5)17-9-7-16(8-10-17)14(3)4/h7-10,13-15H,11-12H2,1-6H3. The van der Waals surface area contributed by atoms with Gasteiger partial charge in [-0.05, 0) is 36.3 Å². The molecule has 20 heavy (non-hydrogen) atoms. The molecule has 2 heteroatoms. The molecule has 0 aliphatic heterocycles. The maximum Gasteiger partial charge on any atom is 0.229 e. The van der Waals surface area contributed by atoms with Crippen LogP contribution in [0.1, 0.15) is 64.0 Å². The van der Waals surface area contributed by atoms with Gasteiger partial charge in [0.05, 0.1) is 5.92 Å². The van der Waals surface area contributed by atoms with Crippen LogP contribution < -0.4 is 0 Å². The van der Waals surface area contributed by atoms with E-state index in [1.807, 2.05) is 18.9 Å². The van der Waals surface area contributed by atoms with Crippen LogP contribution in [0.15, 0.2) is 24.3 Å². The van der Waals surface area contributed by atoms with Crippen molar-refractivity contribution in [2.24, 2.45) is 5.92 Å². The van der Waals surface area contributed by atoms with Crippen LogP contribution in [-0.2, 0) is 4.79 Å². The molecule has 1 unspecified atom stereocenters. The van der Waals surface area contributed by atoms with Crippen LogP contribution in [0, 0.1) is 5.92 Å². The molecular formula is C18H29NO. The Labute approximate surface area is 124 Å². The van der Waals surface area contributed by atoms with Gasteiger partial charge < -0.3 is 4.90 Å². The van der Waals surface area contributed by atoms with E-state index in [-0.39, 0.29) is 11.8 Å². The van der Waals surface area contributed by atoms with Gasteiger partial charge in [-0.15, -0.1) is 0 Å². The molecular weight excluding hydrogens is 246 g/mol. The summed E-state index contributed by atoms with van der Waals surface area (Å²) >= 11 is 0. The number of benzene rings is 1. The molecule has 0 N–H and O–H groups in total. The van der Waals surface area contributed by atoms with Crippen molar-refractivity contribution in [3.8, 4) is 0 Å². The van der Waals surface area contributed by atoms with Crippen molar-refractivity contribution < 1.29 is 4.79 Å². The molecule has 0 fully saturated rings. The Morgan fingerprint density at radius 1 is 1.00 bits per heavy atom. The van der Waals surface area contributed by atoms with Gasteiger partial charge in [-0.1, -0.05) is 52.0 Å². The molecule has 1 atom stereocenters. The van der Waals surface area contributed by atoms with Gasteiger partial charge >= 0.3 is 0 Å². The van der Waals surface area contributed by atoms with Crippen molar-refractivity contribution in [2.75, 3.05) is 13.6 Å². The van der Waals surface area contributed by atoms with Crippen LogP contribution in [0.2, 0.25) is 0 Å². The number of hydrogen-bond acceptors (Lipinski definition) is 1. The van der Waals surface area contributed by atoms with Crippen molar-refractivity contribution in [2.45, 2.75) is 52.9 Å². The highest BCUT2D eigenvalue weighted by Crippen LogP contribution is 2.21. The summed E-state index contributed by atoms with van der Waals surface area (Å²) in [4.78, 5) is 14.3. The number of hydrogen-bond donors (Lipinski definition) is 0. The lowest BCUT2D eigenvalue weighted by atomic mass is 9.95. The first-order chi connectivity index (χ1) is 9.32. The van der Waals surface area contributed by atoms with Gasteiger partial charge in [0.1, 0.15) is 0 Å². The van der Waals surface area contributed by atoms with E-state index in [4.69, 9.17) is 0 Å². The van der Waals surface area contributed by atoms with E-state index in [0.717, 1.165) is 18.5 Å². The summed E-state index contributed by atoms with van der Waals surface area (Å²) in [6, 6.07) is 8.46. The summed E-state index contributed by atoms with van der Waals surface area (Å²) in [5.74, 6) is 1.31. The Kier molecular flexibility index (Phi) is 6.25. The Morgan fingerprint density at radius 3 is 1.95 bits per heavy atom. The summed E-state index contributed by atoms with van der Waals surface area (Å²) in [5, 5.41) is 0. The van der Waals surface area contributed by atoms with E-state index in [0.29, 0.717) is 11.8 Å². The van der Waals surface area contributed by atoms with Crippen molar-refractivity contribution in [3.63, 3.8) is 0 Å². The fourth-order valence-electron chi connectivity index (χ4n) is 2.20. The maximum atomic E-state index is 12.4. The molecule has 112 valence electrons. The van der Waals surface area contributed by atoms with Crippen LogP contribution in [0.5, 0.6) is 0 Å². The van der Waals surface area contributed by atoms with Crippen molar-refractivity contribution >= 4 is 5.91 Å². The zero-order chi connectivity index (χ0) is 15.3. The number of amides is 1. The normalized spacial score (nSPS) is 12.8. The predicted octanol–water partition coefficient (Wildman–Crippen LogP) is 4.42. The summed E-state index contributed by atoms with van der Waals surface area (Å²) in [6.45, 7) is 11.6. The average Bonchev–Trinajstić information content (AvgIpc) is 2.43. The Bertz CT molecular complexity index is 420. The molecule has 0 radical (unpaired) electrons. The third-order valence-corrected chi connectivity index (χ3v) is 3.89. The fraction of sp³-hybridized carbons (Fsp3) is 0.611. The van der Waals surface area contributed by atoms with E-state index in [2.05, 4.69) is 52.0 Å². The summed E-state index contributed by atoms with van der Waals surface area (Å²) in [6.07, 6.45) is 1.06. The molecule has 0 saturated carbocycles. The average molecular weight is 275 g/mol. The minimum Gasteiger partial charge on any atom is -0.345 e. The van der Waals surface area contributed by atoms with Gasteiger partial charge in [0.2, 0.25) is 5.91 Å². The van der Waals surface area contributed by atoms with Crippen LogP contribution in [0.3, 0.4) is 0 Å². The number of nitrogens with zero attached hydrogens (tertiary/aromatic N) is 1. The second-order valence-electron chi connectivity index (χ2n) is 6.49. The molecule has 0 bridgehead atoms. The SMILES string of the molecule is CC(C)CCN(C)C(=O)C(C)c1ccc(C(C)C)cc1. The lowest BCUT2D eigenvalue weighted by Gasteiger charge is -2.22. The van der Waals surface area contributed by atoms with Crippen molar-refractivity contribution in [1.29, 1.82) is 0 Å². The first kappa shape index (κ1) is 16.7. The molecule has 0 aliphatic carbocycles. The molecule has 1 aromatic rings. The van der Waals surface area contributed by atoms with Gasteiger partial charge in [-0.3, -0.25) is 4.79 Å². The summed E-state index contributed by atoms with van der Waals surface area (Å²) < 4.78 is 0. The largest absolute Gasteiger partial charge is 0.345 e. The molecule has 0 spiro atoms. The zero-order valence-corrected chi connectivity index (χ0v) is 13.8. The Hall–Kier alpha value is -1.31. The second-order valence-corrected chi connectivity index (χ2v) is 6.49. The highest BCUT2D eigenvalue weighted by molar-refractivity contribution is 5.83. The molecule has 0 heterocycles. The van der Waals surface area contributed by atoms with E-state index in [9.17, 15) is 4.79 Å². The number of rotatable bonds is 6. The fourth-order valence-corrected chi connectivity index (χ4v) is 2.20. The number of likely N-dealkylation sites (N-methyl/N-ethyl adjacent to an activating group) is 1. The molecule has 0 saturated heterocycles. The van der Waals surface area contributed by atoms with Gasteiger partial charge in [-0.2, -0.15) is 0 Å². The van der Waals surface area contributed by atoms with Crippen molar-refractivity contribution in [1.82, 2.24) is 4.90 Å². The van der Waals surface area contributed by atoms with Gasteiger partial charge in [0, 0.05) is 13.6 Å². The Balaban J connectivity index is 2.68. The van der Waals surface area contributed by atoms with Gasteiger partial charge in [0.15, 0.2) is 0 Å². The maximum absolute atomic E-state index is 12.4. The third kappa shape index (κ3) is 4.66. The lowest BCUT2D eigenvalue weighted by Crippen LogP contribution is -2.32. The van der Waals surface area contributed by atoms with Gasteiger partial charge in [0.25, 0.3) is 0 Å². The minimum absolute atomic E-state index is 0.0617. The zero-order valence-electron chi connectivity index (χ0n) is 13.8. The van der Waals surface area contributed by atoms with E-state index < -0.39 is 0 Å². The predicted molar refractivity (Wildman–Crippen MR) is 86.0 cm³/mol. The first-order valence-corrected chi connectivity index (χ1v) is 7.67. The smallest absolute Gasteiger partial charge is 0.229 e. The number of carbonyl (C=O) groups is 1. The monoisotopic (exact) mass is 275 g/mol. The molecule has 1 amide bonds. The number of carbonyl (C=O) groups excluding carboxylic acids is 1. The van der Waals surface area contributed by atoms with Crippen LogP contribution in [0.4, 0.5) is 0 Å².